The maximum atomic E-state index is 13.9. The Morgan fingerprint density at radius 1 is 1.06 bits per heavy atom. The number of aliphatic hydroxyl groups excluding tert-OH is 2. The van der Waals surface area contributed by atoms with Crippen molar-refractivity contribution in [2.75, 3.05) is 20.3 Å². The molecule has 0 aromatic carbocycles. The van der Waals surface area contributed by atoms with Gasteiger partial charge in [-0.1, -0.05) is 26.5 Å². The molecule has 8 bridgehead atoms. The number of amides is 1. The van der Waals surface area contributed by atoms with Gasteiger partial charge in [0.1, 0.15) is 0 Å². The maximum Gasteiger partial charge on any atom is 0.337 e. The Morgan fingerprint density at radius 2 is 1.76 bits per heavy atom. The number of hydrogen-bond donors (Lipinski definition) is 6. The van der Waals surface area contributed by atoms with Gasteiger partial charge in [0, 0.05) is 70.3 Å². The Hall–Kier alpha value is -5.07. The molecule has 0 spiro atoms. The van der Waals surface area contributed by atoms with Crippen LogP contribution in [-0.4, -0.2) is 73.4 Å². The van der Waals surface area contributed by atoms with Crippen LogP contribution in [0.5, 0.6) is 0 Å². The van der Waals surface area contributed by atoms with Crippen LogP contribution in [0.2, 0.25) is 0 Å². The molecule has 3 unspecified atom stereocenters. The van der Waals surface area contributed by atoms with Crippen LogP contribution in [-0.2, 0) is 25.5 Å². The molecule has 3 aromatic heterocycles. The zero-order valence-corrected chi connectivity index (χ0v) is 29.4. The molecule has 2 aliphatic heterocycles. The summed E-state index contributed by atoms with van der Waals surface area (Å²) in [5.74, 6) is -3.37. The Balaban J connectivity index is 2.01. The molecule has 5 rings (SSSR count). The third kappa shape index (κ3) is 6.60. The van der Waals surface area contributed by atoms with E-state index in [9.17, 15) is 29.7 Å². The zero-order valence-electron chi connectivity index (χ0n) is 29.4. The number of carboxylic acids is 1. The van der Waals surface area contributed by atoms with Gasteiger partial charge in [-0.25, -0.2) is 9.78 Å². The van der Waals surface area contributed by atoms with Gasteiger partial charge in [-0.15, -0.1) is 0 Å². The fourth-order valence-corrected chi connectivity index (χ4v) is 7.02. The van der Waals surface area contributed by atoms with Gasteiger partial charge in [-0.2, -0.15) is 0 Å². The minimum Gasteiger partial charge on any atom is -0.479 e. The van der Waals surface area contributed by atoms with Crippen molar-refractivity contribution in [2.45, 2.75) is 78.2 Å². The molecule has 0 radical (unpaired) electrons. The Morgan fingerprint density at radius 3 is 2.40 bits per heavy atom. The second-order valence-corrected chi connectivity index (χ2v) is 12.8. The number of aliphatic hydroxyl groups is 2. The van der Waals surface area contributed by atoms with E-state index in [4.69, 9.17) is 14.7 Å². The van der Waals surface area contributed by atoms with Gasteiger partial charge in [0.2, 0.25) is 0 Å². The van der Waals surface area contributed by atoms with E-state index in [2.05, 4.69) is 21.9 Å². The van der Waals surface area contributed by atoms with Gasteiger partial charge in [0.25, 0.3) is 5.91 Å². The van der Waals surface area contributed by atoms with Crippen LogP contribution >= 0.6 is 0 Å². The lowest BCUT2D eigenvalue weighted by atomic mass is 9.84. The SMILES string of the molecule is C=Cc1c(C)c2cc3nc(c(C(O)C(=O)O)c4nc(cc5[nH]c(cc1[nH]2)c(C)c5CC)C(C)=C4C(=O)NCCCO)C(CCC(=O)OC)C3C. The van der Waals surface area contributed by atoms with E-state index < -0.39 is 29.9 Å². The number of esters is 1. The van der Waals surface area contributed by atoms with Crippen molar-refractivity contribution in [1.82, 2.24) is 25.3 Å². The van der Waals surface area contributed by atoms with Crippen LogP contribution in [0.4, 0.5) is 0 Å². The molecule has 3 aromatic rings. The van der Waals surface area contributed by atoms with Crippen LogP contribution in [0.25, 0.3) is 39.3 Å². The minimum atomic E-state index is -2.10. The van der Waals surface area contributed by atoms with Crippen LogP contribution < -0.4 is 5.32 Å². The molecule has 5 heterocycles. The van der Waals surface area contributed by atoms with Gasteiger partial charge in [-0.3, -0.25) is 14.6 Å². The second-order valence-electron chi connectivity index (χ2n) is 12.8. The van der Waals surface area contributed by atoms with Crippen LogP contribution in [0.1, 0.15) is 109 Å². The molecule has 6 N–H and O–H groups in total. The molecule has 0 fully saturated rings. The van der Waals surface area contributed by atoms with E-state index in [1.54, 1.807) is 13.0 Å². The minimum absolute atomic E-state index is 0.00657. The maximum absolute atomic E-state index is 13.9. The fourth-order valence-electron chi connectivity index (χ4n) is 7.02. The molecule has 0 aliphatic carbocycles. The topological polar surface area (TPSA) is 191 Å². The molecule has 2 aliphatic rings. The van der Waals surface area contributed by atoms with E-state index in [1.807, 2.05) is 45.9 Å². The first-order valence-electron chi connectivity index (χ1n) is 16.8. The second kappa shape index (κ2) is 14.8. The van der Waals surface area contributed by atoms with E-state index >= 15 is 0 Å². The molecule has 50 heavy (non-hydrogen) atoms. The van der Waals surface area contributed by atoms with Gasteiger partial charge >= 0.3 is 11.9 Å². The summed E-state index contributed by atoms with van der Waals surface area (Å²) < 4.78 is 4.93. The Labute approximate surface area is 290 Å². The third-order valence-electron chi connectivity index (χ3n) is 9.91. The fraction of sp³-hybridized carbons (Fsp3) is 0.395. The molecule has 264 valence electrons. The van der Waals surface area contributed by atoms with E-state index in [-0.39, 0.29) is 54.4 Å². The number of carbonyl (C=O) groups is 3. The highest BCUT2D eigenvalue weighted by atomic mass is 16.5. The number of carbonyl (C=O) groups excluding carboxylic acids is 2. The number of nitrogens with zero attached hydrogens (tertiary/aromatic N) is 2. The number of methoxy groups -OCH3 is 1. The summed E-state index contributed by atoms with van der Waals surface area (Å²) in [6.45, 7) is 13.8. The van der Waals surface area contributed by atoms with Crippen LogP contribution in [0.15, 0.2) is 24.8 Å². The largest absolute Gasteiger partial charge is 0.479 e. The number of aliphatic carboxylic acids is 1. The van der Waals surface area contributed by atoms with Gasteiger partial charge < -0.3 is 35.3 Å². The van der Waals surface area contributed by atoms with Gasteiger partial charge in [0.05, 0.1) is 29.8 Å². The predicted molar refractivity (Wildman–Crippen MR) is 192 cm³/mol. The first-order chi connectivity index (χ1) is 23.9. The quantitative estimate of drug-likeness (QED) is 0.112. The number of carboxylic acid groups (broad SMARTS) is 1. The molecule has 3 atom stereocenters. The number of fused-ring (bicyclic) bond motifs is 8. The molecular weight excluding hydrogens is 638 g/mol. The van der Waals surface area contributed by atoms with Crippen molar-refractivity contribution in [3.63, 3.8) is 0 Å². The van der Waals surface area contributed by atoms with Crippen molar-refractivity contribution >= 4 is 57.1 Å². The highest BCUT2D eigenvalue weighted by Crippen LogP contribution is 2.45. The summed E-state index contributed by atoms with van der Waals surface area (Å²) in [6.07, 6.45) is 0.962. The molecule has 12 heteroatoms. The first-order valence-corrected chi connectivity index (χ1v) is 16.8. The molecule has 0 saturated carbocycles. The number of hydrogen-bond acceptors (Lipinski definition) is 8. The summed E-state index contributed by atoms with van der Waals surface area (Å²) in [5, 5.41) is 33.9. The van der Waals surface area contributed by atoms with Crippen molar-refractivity contribution < 1.29 is 34.4 Å². The van der Waals surface area contributed by atoms with Crippen molar-refractivity contribution in [1.29, 1.82) is 0 Å². The van der Waals surface area contributed by atoms with Gasteiger partial charge in [-0.05, 0) is 80.5 Å². The average molecular weight is 684 g/mol. The van der Waals surface area contributed by atoms with E-state index in [1.165, 1.54) is 7.11 Å². The van der Waals surface area contributed by atoms with Gasteiger partial charge in [0.15, 0.2) is 6.10 Å². The predicted octanol–water partition coefficient (Wildman–Crippen LogP) is 5.52. The van der Waals surface area contributed by atoms with Crippen molar-refractivity contribution in [3.05, 3.63) is 75.4 Å². The number of rotatable bonds is 11. The molecule has 0 saturated heterocycles. The highest BCUT2D eigenvalue weighted by Gasteiger charge is 2.38. The first kappa shape index (κ1) is 36.2. The summed E-state index contributed by atoms with van der Waals surface area (Å²) in [6, 6.07) is 5.78. The highest BCUT2D eigenvalue weighted by molar-refractivity contribution is 6.27. The monoisotopic (exact) mass is 683 g/mol. The summed E-state index contributed by atoms with van der Waals surface area (Å²) >= 11 is 0. The number of allylic oxidation sites excluding steroid dienone is 1. The summed E-state index contributed by atoms with van der Waals surface area (Å²) in [7, 11) is 1.30. The molecular formula is C38H45N5O7. The molecule has 12 nitrogen and oxygen atoms in total. The number of aromatic nitrogens is 4. The molecule has 1 amide bonds. The normalized spacial score (nSPS) is 16.3. The Kier molecular flexibility index (Phi) is 10.7. The smallest absolute Gasteiger partial charge is 0.337 e. The average Bonchev–Trinajstić information content (AvgIpc) is 3.76. The lowest BCUT2D eigenvalue weighted by Crippen LogP contribution is -2.27. The summed E-state index contributed by atoms with van der Waals surface area (Å²) in [5.41, 5.74) is 8.89. The van der Waals surface area contributed by atoms with Crippen molar-refractivity contribution in [2.24, 2.45) is 0 Å². The number of aryl methyl sites for hydroxylation is 3. The van der Waals surface area contributed by atoms with Crippen molar-refractivity contribution in [3.8, 4) is 0 Å². The number of H-pyrrole nitrogens is 2. The van der Waals surface area contributed by atoms with Crippen LogP contribution in [0.3, 0.4) is 0 Å². The van der Waals surface area contributed by atoms with E-state index in [0.29, 0.717) is 29.8 Å². The third-order valence-corrected chi connectivity index (χ3v) is 9.91. The lowest BCUT2D eigenvalue weighted by Gasteiger charge is -2.20. The standard InChI is InChI=1S/C38H45N5O7/c1-8-22-18(3)25-15-27-20(5)24(11-12-31(45)50-7)34(42-27)33(36(46)38(48)49)35-32(37(47)39-13-10-14-44)21(6)28(43-35)17-30-23(9-2)19(4)26(41-30)16-29(22)40-25/h8,15-17,20,24,36,40-41,44,46H,1,9-14H2,2-7H3,(H,39,47)(H,48,49). The Bertz CT molecular complexity index is 2070. The zero-order chi connectivity index (χ0) is 36.4. The number of ether oxygens (including phenoxy) is 1. The summed E-state index contributed by atoms with van der Waals surface area (Å²) in [4.78, 5) is 55.8. The van der Waals surface area contributed by atoms with E-state index in [0.717, 1.165) is 44.3 Å². The van der Waals surface area contributed by atoms with Crippen LogP contribution in [0, 0.1) is 13.8 Å². The number of nitrogens with one attached hydrogen (secondary N) is 3. The number of aromatic amines is 2. The lowest BCUT2D eigenvalue weighted by molar-refractivity contribution is -0.147.